The average Bonchev–Trinajstić information content (AvgIpc) is 2.71. The van der Waals surface area contributed by atoms with Crippen LogP contribution in [0, 0.1) is 0 Å². The quantitative estimate of drug-likeness (QED) is 0.754. The maximum atomic E-state index is 5.86. The molecule has 1 aliphatic rings. The third-order valence-corrected chi connectivity index (χ3v) is 2.43. The molecule has 1 N–H and O–H groups in total. The molecule has 1 aromatic rings. The van der Waals surface area contributed by atoms with E-state index < -0.39 is 0 Å². The Morgan fingerprint density at radius 2 is 2.46 bits per heavy atom. The first-order chi connectivity index (χ1) is 6.40. The molecule has 0 aliphatic carbocycles. The monoisotopic (exact) mass is 181 g/mol. The highest BCUT2D eigenvalue weighted by Crippen LogP contribution is 2.22. The van der Waals surface area contributed by atoms with Crippen LogP contribution in [0.1, 0.15) is 25.0 Å². The van der Waals surface area contributed by atoms with Gasteiger partial charge in [-0.3, -0.25) is 0 Å². The van der Waals surface area contributed by atoms with Crippen molar-refractivity contribution >= 4 is 0 Å². The summed E-state index contributed by atoms with van der Waals surface area (Å²) in [5.41, 5.74) is 1.13. The van der Waals surface area contributed by atoms with Crippen molar-refractivity contribution in [2.45, 2.75) is 25.6 Å². The van der Waals surface area contributed by atoms with Gasteiger partial charge in [-0.05, 0) is 12.5 Å². The summed E-state index contributed by atoms with van der Waals surface area (Å²) in [6.45, 7) is 3.99. The van der Waals surface area contributed by atoms with E-state index in [-0.39, 0.29) is 6.10 Å². The number of rotatable bonds is 2. The van der Waals surface area contributed by atoms with Gasteiger partial charge in [0.05, 0.1) is 24.7 Å². The molecule has 13 heavy (non-hydrogen) atoms. The lowest BCUT2D eigenvalue weighted by Gasteiger charge is -2.29. The van der Waals surface area contributed by atoms with E-state index in [1.165, 1.54) is 0 Å². The second kappa shape index (κ2) is 3.94. The number of morpholine rings is 1. The summed E-state index contributed by atoms with van der Waals surface area (Å²) in [7, 11) is 0. The van der Waals surface area contributed by atoms with Crippen LogP contribution >= 0.6 is 0 Å². The highest BCUT2D eigenvalue weighted by Gasteiger charge is 2.22. The Labute approximate surface area is 78.1 Å². The van der Waals surface area contributed by atoms with Crippen LogP contribution in [0.15, 0.2) is 23.0 Å². The van der Waals surface area contributed by atoms with Gasteiger partial charge in [0.15, 0.2) is 0 Å². The number of ether oxygens (including phenoxy) is 1. The number of hydrogen-bond donors (Lipinski definition) is 1. The second-order valence-electron chi connectivity index (χ2n) is 3.37. The van der Waals surface area contributed by atoms with Crippen molar-refractivity contribution in [3.63, 3.8) is 0 Å². The molecule has 1 fully saturated rings. The van der Waals surface area contributed by atoms with Gasteiger partial charge in [-0.25, -0.2) is 0 Å². The van der Waals surface area contributed by atoms with Gasteiger partial charge in [0.2, 0.25) is 0 Å². The normalized spacial score (nSPS) is 29.0. The van der Waals surface area contributed by atoms with Crippen LogP contribution in [0.2, 0.25) is 0 Å². The van der Waals surface area contributed by atoms with Crippen molar-refractivity contribution < 1.29 is 9.15 Å². The van der Waals surface area contributed by atoms with Crippen molar-refractivity contribution in [1.29, 1.82) is 0 Å². The highest BCUT2D eigenvalue weighted by molar-refractivity contribution is 5.10. The molecule has 0 aromatic carbocycles. The molecule has 2 heterocycles. The smallest absolute Gasteiger partial charge is 0.0984 e. The minimum atomic E-state index is 0.164. The van der Waals surface area contributed by atoms with Crippen LogP contribution in [-0.4, -0.2) is 19.2 Å². The molecule has 72 valence electrons. The molecule has 2 atom stereocenters. The minimum absolute atomic E-state index is 0.164. The Balaban J connectivity index is 2.00. The maximum absolute atomic E-state index is 5.86. The zero-order valence-electron chi connectivity index (χ0n) is 7.82. The lowest BCUT2D eigenvalue weighted by molar-refractivity contribution is -0.0402. The molecular formula is C10H15NO2. The maximum Gasteiger partial charge on any atom is 0.0984 e. The molecule has 0 spiro atoms. The molecule has 1 aliphatic heterocycles. The lowest BCUT2D eigenvalue weighted by atomic mass is 10.1. The van der Waals surface area contributed by atoms with Crippen LogP contribution in [-0.2, 0) is 4.74 Å². The predicted octanol–water partition coefficient (Wildman–Crippen LogP) is 1.72. The SMILES string of the molecule is CCC1CNCC(c2ccoc2)O1. The minimum Gasteiger partial charge on any atom is -0.472 e. The van der Waals surface area contributed by atoms with Gasteiger partial charge < -0.3 is 14.5 Å². The van der Waals surface area contributed by atoms with Crippen LogP contribution in [0.25, 0.3) is 0 Å². The van der Waals surface area contributed by atoms with Crippen molar-refractivity contribution in [3.05, 3.63) is 24.2 Å². The summed E-state index contributed by atoms with van der Waals surface area (Å²) in [5.74, 6) is 0. The van der Waals surface area contributed by atoms with Crippen molar-refractivity contribution in [1.82, 2.24) is 5.32 Å². The Hall–Kier alpha value is -0.800. The molecule has 1 saturated heterocycles. The van der Waals surface area contributed by atoms with E-state index >= 15 is 0 Å². The summed E-state index contributed by atoms with van der Waals surface area (Å²) in [5, 5.41) is 3.36. The first-order valence-corrected chi connectivity index (χ1v) is 4.78. The predicted molar refractivity (Wildman–Crippen MR) is 49.5 cm³/mol. The Kier molecular flexibility index (Phi) is 2.66. The molecule has 3 heteroatoms. The van der Waals surface area contributed by atoms with E-state index in [1.807, 2.05) is 6.07 Å². The van der Waals surface area contributed by atoms with E-state index in [9.17, 15) is 0 Å². The molecule has 3 nitrogen and oxygen atoms in total. The Morgan fingerprint density at radius 3 is 3.15 bits per heavy atom. The number of furan rings is 1. The summed E-state index contributed by atoms with van der Waals surface area (Å²) < 4.78 is 10.9. The standard InChI is InChI=1S/C10H15NO2/c1-2-9-5-11-6-10(13-9)8-3-4-12-7-8/h3-4,7,9-11H,2,5-6H2,1H3. The van der Waals surface area contributed by atoms with Crippen molar-refractivity contribution in [2.24, 2.45) is 0 Å². The molecule has 0 amide bonds. The third kappa shape index (κ3) is 1.92. The fraction of sp³-hybridized carbons (Fsp3) is 0.600. The van der Waals surface area contributed by atoms with Gasteiger partial charge >= 0.3 is 0 Å². The number of nitrogens with one attached hydrogen (secondary N) is 1. The number of hydrogen-bond acceptors (Lipinski definition) is 3. The highest BCUT2D eigenvalue weighted by atomic mass is 16.5. The van der Waals surface area contributed by atoms with Gasteiger partial charge in [-0.1, -0.05) is 6.92 Å². The molecule has 1 aromatic heterocycles. The summed E-state index contributed by atoms with van der Waals surface area (Å²) >= 11 is 0. The molecule has 2 rings (SSSR count). The molecule has 0 bridgehead atoms. The Morgan fingerprint density at radius 1 is 1.54 bits per heavy atom. The molecule has 0 saturated carbocycles. The Bertz CT molecular complexity index is 245. The van der Waals surface area contributed by atoms with Crippen LogP contribution in [0.5, 0.6) is 0 Å². The summed E-state index contributed by atoms with van der Waals surface area (Å²) in [6, 6.07) is 1.96. The van der Waals surface area contributed by atoms with Gasteiger partial charge in [-0.15, -0.1) is 0 Å². The van der Waals surface area contributed by atoms with Crippen LogP contribution < -0.4 is 5.32 Å². The van der Waals surface area contributed by atoms with Gasteiger partial charge in [0, 0.05) is 18.7 Å². The van der Waals surface area contributed by atoms with Gasteiger partial charge in [-0.2, -0.15) is 0 Å². The van der Waals surface area contributed by atoms with Crippen molar-refractivity contribution in [3.8, 4) is 0 Å². The van der Waals surface area contributed by atoms with Crippen LogP contribution in [0.3, 0.4) is 0 Å². The first-order valence-electron chi connectivity index (χ1n) is 4.78. The van der Waals surface area contributed by atoms with E-state index in [0.29, 0.717) is 6.10 Å². The van der Waals surface area contributed by atoms with E-state index in [0.717, 1.165) is 25.1 Å². The largest absolute Gasteiger partial charge is 0.472 e. The van der Waals surface area contributed by atoms with Crippen LogP contribution in [0.4, 0.5) is 0 Å². The van der Waals surface area contributed by atoms with E-state index in [2.05, 4.69) is 12.2 Å². The fourth-order valence-corrected chi connectivity index (χ4v) is 1.60. The summed E-state index contributed by atoms with van der Waals surface area (Å²) in [6.07, 6.45) is 5.01. The zero-order chi connectivity index (χ0) is 9.10. The second-order valence-corrected chi connectivity index (χ2v) is 3.37. The molecular weight excluding hydrogens is 166 g/mol. The lowest BCUT2D eigenvalue weighted by Crippen LogP contribution is -2.40. The first kappa shape index (κ1) is 8.78. The molecule has 0 radical (unpaired) electrons. The fourth-order valence-electron chi connectivity index (χ4n) is 1.60. The zero-order valence-corrected chi connectivity index (χ0v) is 7.82. The van der Waals surface area contributed by atoms with Gasteiger partial charge in [0.25, 0.3) is 0 Å². The van der Waals surface area contributed by atoms with Crippen molar-refractivity contribution in [2.75, 3.05) is 13.1 Å². The third-order valence-electron chi connectivity index (χ3n) is 2.43. The average molecular weight is 181 g/mol. The summed E-state index contributed by atoms with van der Waals surface area (Å²) in [4.78, 5) is 0. The van der Waals surface area contributed by atoms with E-state index in [4.69, 9.17) is 9.15 Å². The van der Waals surface area contributed by atoms with Gasteiger partial charge in [0.1, 0.15) is 0 Å². The molecule has 2 unspecified atom stereocenters. The topological polar surface area (TPSA) is 34.4 Å². The van der Waals surface area contributed by atoms with E-state index in [1.54, 1.807) is 12.5 Å².